The van der Waals surface area contributed by atoms with E-state index in [0.717, 1.165) is 0 Å². The molecule has 0 N–H and O–H groups in total. The zero-order chi connectivity index (χ0) is 10.0. The van der Waals surface area contributed by atoms with E-state index in [1.54, 1.807) is 0 Å². The second-order valence-corrected chi connectivity index (χ2v) is 4.28. The zero-order valence-corrected chi connectivity index (χ0v) is 10.9. The highest BCUT2D eigenvalue weighted by atomic mass is 79.9. The highest BCUT2D eigenvalue weighted by Crippen LogP contribution is 2.28. The molecule has 0 radical (unpaired) electrons. The van der Waals surface area contributed by atoms with Crippen LogP contribution < -0.4 is 0 Å². The van der Waals surface area contributed by atoms with Crippen LogP contribution in [0.1, 0.15) is 5.69 Å². The first-order chi connectivity index (χ1) is 6.06. The number of nitro groups is 1. The van der Waals surface area contributed by atoms with Gasteiger partial charge < -0.3 is 0 Å². The lowest BCUT2D eigenvalue weighted by Gasteiger charge is -2.00. The SMILES string of the molecule is O=[N+]([O-])c1cc(Br)c(Br)nc1CBr. The maximum atomic E-state index is 10.6. The minimum Gasteiger partial charge on any atom is -0.258 e. The van der Waals surface area contributed by atoms with Gasteiger partial charge in [-0.2, -0.15) is 0 Å². The molecule has 1 heterocycles. The summed E-state index contributed by atoms with van der Waals surface area (Å²) in [5.41, 5.74) is 0.409. The molecule has 0 unspecified atom stereocenters. The Morgan fingerprint density at radius 2 is 2.15 bits per heavy atom. The van der Waals surface area contributed by atoms with E-state index in [0.29, 0.717) is 20.1 Å². The van der Waals surface area contributed by atoms with Crippen LogP contribution in [0.3, 0.4) is 0 Å². The van der Waals surface area contributed by atoms with Crippen molar-refractivity contribution in [3.8, 4) is 0 Å². The molecule has 1 aromatic rings. The van der Waals surface area contributed by atoms with Crippen LogP contribution in [-0.2, 0) is 5.33 Å². The second-order valence-electron chi connectivity index (χ2n) is 2.12. The third-order valence-corrected chi connectivity index (χ3v) is 3.58. The summed E-state index contributed by atoms with van der Waals surface area (Å²) >= 11 is 9.45. The lowest BCUT2D eigenvalue weighted by atomic mass is 10.3. The minimum absolute atomic E-state index is 0.00644. The molecular formula is C6H3Br3N2O2. The number of nitrogens with zero attached hydrogens (tertiary/aromatic N) is 2. The van der Waals surface area contributed by atoms with Gasteiger partial charge in [0.25, 0.3) is 5.69 Å². The van der Waals surface area contributed by atoms with Crippen LogP contribution >= 0.6 is 47.8 Å². The van der Waals surface area contributed by atoms with E-state index < -0.39 is 4.92 Å². The van der Waals surface area contributed by atoms with Crippen LogP contribution in [-0.4, -0.2) is 9.91 Å². The molecule has 1 rings (SSSR count). The predicted octanol–water partition coefficient (Wildman–Crippen LogP) is 3.41. The first-order valence-electron chi connectivity index (χ1n) is 3.11. The van der Waals surface area contributed by atoms with Gasteiger partial charge in [-0.3, -0.25) is 10.1 Å². The van der Waals surface area contributed by atoms with E-state index in [1.165, 1.54) is 6.07 Å². The van der Waals surface area contributed by atoms with E-state index in [1.807, 2.05) is 0 Å². The van der Waals surface area contributed by atoms with Gasteiger partial charge in [0.05, 0.1) is 14.7 Å². The Morgan fingerprint density at radius 1 is 1.54 bits per heavy atom. The highest BCUT2D eigenvalue weighted by molar-refractivity contribution is 9.13. The first-order valence-corrected chi connectivity index (χ1v) is 5.82. The summed E-state index contributed by atoms with van der Waals surface area (Å²) in [6.45, 7) is 0. The third kappa shape index (κ3) is 2.47. The molecule has 1 aromatic heterocycles. The quantitative estimate of drug-likeness (QED) is 0.345. The Bertz CT molecular complexity index is 356. The van der Waals surface area contributed by atoms with Gasteiger partial charge in [-0.05, 0) is 31.9 Å². The van der Waals surface area contributed by atoms with Gasteiger partial charge in [0.2, 0.25) is 0 Å². The molecule has 0 amide bonds. The molecule has 0 aliphatic carbocycles. The van der Waals surface area contributed by atoms with Crippen molar-refractivity contribution in [2.75, 3.05) is 0 Å². The predicted molar refractivity (Wildman–Crippen MR) is 58.9 cm³/mol. The number of alkyl halides is 1. The summed E-state index contributed by atoms with van der Waals surface area (Å²) in [5, 5.41) is 10.9. The molecule has 0 bridgehead atoms. The molecule has 0 fully saturated rings. The lowest BCUT2D eigenvalue weighted by Crippen LogP contribution is -1.97. The van der Waals surface area contributed by atoms with Crippen LogP contribution in [0.15, 0.2) is 15.1 Å². The van der Waals surface area contributed by atoms with E-state index in [4.69, 9.17) is 0 Å². The second kappa shape index (κ2) is 4.47. The van der Waals surface area contributed by atoms with Crippen molar-refractivity contribution in [2.45, 2.75) is 5.33 Å². The summed E-state index contributed by atoms with van der Waals surface area (Å²) in [6, 6.07) is 1.42. The van der Waals surface area contributed by atoms with Gasteiger partial charge in [-0.1, -0.05) is 15.9 Å². The molecule has 0 aliphatic heterocycles. The van der Waals surface area contributed by atoms with Gasteiger partial charge >= 0.3 is 0 Å². The Balaban J connectivity index is 3.33. The highest BCUT2D eigenvalue weighted by Gasteiger charge is 2.16. The van der Waals surface area contributed by atoms with E-state index in [9.17, 15) is 10.1 Å². The van der Waals surface area contributed by atoms with Crippen molar-refractivity contribution in [3.63, 3.8) is 0 Å². The van der Waals surface area contributed by atoms with Crippen LogP contribution in [0.5, 0.6) is 0 Å². The number of rotatable bonds is 2. The molecule has 0 atom stereocenters. The molecular weight excluding hydrogens is 372 g/mol. The first kappa shape index (κ1) is 11.1. The summed E-state index contributed by atoms with van der Waals surface area (Å²) in [5.74, 6) is 0. The van der Waals surface area contributed by atoms with Crippen LogP contribution in [0.2, 0.25) is 0 Å². The topological polar surface area (TPSA) is 56.0 Å². The number of pyridine rings is 1. The molecule has 70 valence electrons. The van der Waals surface area contributed by atoms with E-state index in [2.05, 4.69) is 52.8 Å². The van der Waals surface area contributed by atoms with Crippen molar-refractivity contribution < 1.29 is 4.92 Å². The van der Waals surface area contributed by atoms with Crippen molar-refractivity contribution in [1.82, 2.24) is 4.98 Å². The van der Waals surface area contributed by atoms with Gasteiger partial charge in [0, 0.05) is 6.07 Å². The molecule has 0 saturated carbocycles. The van der Waals surface area contributed by atoms with Crippen molar-refractivity contribution in [2.24, 2.45) is 0 Å². The molecule has 7 heteroatoms. The smallest absolute Gasteiger partial charge is 0.258 e. The third-order valence-electron chi connectivity index (χ3n) is 1.31. The van der Waals surface area contributed by atoms with Crippen molar-refractivity contribution in [1.29, 1.82) is 0 Å². The zero-order valence-electron chi connectivity index (χ0n) is 6.13. The van der Waals surface area contributed by atoms with Crippen LogP contribution in [0, 0.1) is 10.1 Å². The summed E-state index contributed by atoms with van der Waals surface area (Å²) in [6.07, 6.45) is 0. The number of hydrogen-bond donors (Lipinski definition) is 0. The minimum atomic E-state index is -0.458. The fourth-order valence-corrected chi connectivity index (χ4v) is 1.80. The summed E-state index contributed by atoms with van der Waals surface area (Å²) in [7, 11) is 0. The van der Waals surface area contributed by atoms with Gasteiger partial charge in [0.15, 0.2) is 0 Å². The molecule has 4 nitrogen and oxygen atoms in total. The monoisotopic (exact) mass is 372 g/mol. The van der Waals surface area contributed by atoms with E-state index in [-0.39, 0.29) is 5.69 Å². The average Bonchev–Trinajstić information content (AvgIpc) is 2.08. The molecule has 0 spiro atoms. The van der Waals surface area contributed by atoms with E-state index >= 15 is 0 Å². The molecule has 13 heavy (non-hydrogen) atoms. The molecule has 0 saturated heterocycles. The van der Waals surface area contributed by atoms with Gasteiger partial charge in [-0.25, -0.2) is 4.98 Å². The fraction of sp³-hybridized carbons (Fsp3) is 0.167. The number of aromatic nitrogens is 1. The van der Waals surface area contributed by atoms with Gasteiger partial charge in [0.1, 0.15) is 10.3 Å². The van der Waals surface area contributed by atoms with Gasteiger partial charge in [-0.15, -0.1) is 0 Å². The Morgan fingerprint density at radius 3 is 2.62 bits per heavy atom. The Labute approximate surface area is 99.3 Å². The Kier molecular flexibility index (Phi) is 3.81. The van der Waals surface area contributed by atoms with Crippen LogP contribution in [0.4, 0.5) is 5.69 Å². The fourth-order valence-electron chi connectivity index (χ4n) is 0.748. The maximum Gasteiger partial charge on any atom is 0.292 e. The molecule has 0 aliphatic rings. The number of hydrogen-bond acceptors (Lipinski definition) is 3. The largest absolute Gasteiger partial charge is 0.292 e. The van der Waals surface area contributed by atoms with Crippen molar-refractivity contribution in [3.05, 3.63) is 31.0 Å². The van der Waals surface area contributed by atoms with Crippen molar-refractivity contribution >= 4 is 53.5 Å². The summed E-state index contributed by atoms with van der Waals surface area (Å²) in [4.78, 5) is 14.1. The molecule has 0 aromatic carbocycles. The number of halogens is 3. The maximum absolute atomic E-state index is 10.6. The summed E-state index contributed by atoms with van der Waals surface area (Å²) < 4.78 is 1.14. The Hall–Kier alpha value is -0.0100. The normalized spacial score (nSPS) is 10.1. The standard InChI is InChI=1S/C6H3Br3N2O2/c7-2-4-5(11(12)13)1-3(8)6(9)10-4/h1H,2H2. The van der Waals surface area contributed by atoms with Crippen LogP contribution in [0.25, 0.3) is 0 Å². The lowest BCUT2D eigenvalue weighted by molar-refractivity contribution is -0.385. The average molecular weight is 375 g/mol.